The van der Waals surface area contributed by atoms with Crippen molar-refractivity contribution in [1.29, 1.82) is 0 Å². The predicted molar refractivity (Wildman–Crippen MR) is 68.7 cm³/mol. The monoisotopic (exact) mass is 231 g/mol. The third-order valence-electron chi connectivity index (χ3n) is 3.14. The number of para-hydroxylation sites is 1. The summed E-state index contributed by atoms with van der Waals surface area (Å²) in [5.41, 5.74) is 10.8. The molecule has 17 heavy (non-hydrogen) atoms. The molecule has 0 aliphatic rings. The highest BCUT2D eigenvalue weighted by Crippen LogP contribution is 2.29. The number of hydrogen-bond acceptors (Lipinski definition) is 3. The number of nitrogen functional groups attached to an aromatic ring is 1. The van der Waals surface area contributed by atoms with Gasteiger partial charge < -0.3 is 10.5 Å². The zero-order valence-corrected chi connectivity index (χ0v) is 10.6. The Balaban J connectivity index is 2.64. The van der Waals surface area contributed by atoms with Crippen molar-refractivity contribution >= 4 is 5.69 Å². The van der Waals surface area contributed by atoms with E-state index in [0.29, 0.717) is 11.4 Å². The molecule has 0 aliphatic heterocycles. The van der Waals surface area contributed by atoms with E-state index < -0.39 is 0 Å². The van der Waals surface area contributed by atoms with Crippen LogP contribution in [0.2, 0.25) is 0 Å². The van der Waals surface area contributed by atoms with E-state index in [2.05, 4.69) is 12.0 Å². The van der Waals surface area contributed by atoms with Gasteiger partial charge in [0, 0.05) is 5.69 Å². The first-order valence-electron chi connectivity index (χ1n) is 5.52. The topological polar surface area (TPSA) is 53.1 Å². The third kappa shape index (κ3) is 1.75. The highest BCUT2D eigenvalue weighted by atomic mass is 16.5. The van der Waals surface area contributed by atoms with Crippen LogP contribution in [-0.2, 0) is 0 Å². The molecule has 2 rings (SSSR count). The minimum absolute atomic E-state index is 0.612. The average molecular weight is 231 g/mol. The standard InChI is InChI=1S/C13H17N3O/c1-8-9(2)15-16(10(8)3)11-6-5-7-12(17-4)13(11)14/h5-7H,14H2,1-4H3. The Morgan fingerprint density at radius 3 is 2.47 bits per heavy atom. The van der Waals surface area contributed by atoms with Gasteiger partial charge in [0.1, 0.15) is 11.4 Å². The van der Waals surface area contributed by atoms with Crippen LogP contribution < -0.4 is 10.5 Å². The van der Waals surface area contributed by atoms with Crippen LogP contribution in [0, 0.1) is 20.8 Å². The lowest BCUT2D eigenvalue weighted by Gasteiger charge is -2.11. The van der Waals surface area contributed by atoms with E-state index in [9.17, 15) is 0 Å². The van der Waals surface area contributed by atoms with E-state index in [1.54, 1.807) is 7.11 Å². The van der Waals surface area contributed by atoms with Gasteiger partial charge in [-0.3, -0.25) is 0 Å². The fraction of sp³-hybridized carbons (Fsp3) is 0.308. The zero-order valence-electron chi connectivity index (χ0n) is 10.6. The molecule has 0 radical (unpaired) electrons. The van der Waals surface area contributed by atoms with Gasteiger partial charge >= 0.3 is 0 Å². The van der Waals surface area contributed by atoms with Crippen LogP contribution in [0.4, 0.5) is 5.69 Å². The van der Waals surface area contributed by atoms with Crippen molar-refractivity contribution in [2.75, 3.05) is 12.8 Å². The lowest BCUT2D eigenvalue weighted by molar-refractivity contribution is 0.416. The molecule has 1 heterocycles. The minimum Gasteiger partial charge on any atom is -0.495 e. The molecule has 0 saturated carbocycles. The second-order valence-corrected chi connectivity index (χ2v) is 4.10. The van der Waals surface area contributed by atoms with Gasteiger partial charge in [0.2, 0.25) is 0 Å². The van der Waals surface area contributed by atoms with Crippen molar-refractivity contribution in [3.8, 4) is 11.4 Å². The molecule has 0 spiro atoms. The summed E-state index contributed by atoms with van der Waals surface area (Å²) in [6.45, 7) is 6.09. The Bertz CT molecular complexity index is 558. The van der Waals surface area contributed by atoms with Crippen LogP contribution in [0.25, 0.3) is 5.69 Å². The van der Waals surface area contributed by atoms with Crippen LogP contribution in [0.15, 0.2) is 18.2 Å². The number of methoxy groups -OCH3 is 1. The number of aromatic nitrogens is 2. The van der Waals surface area contributed by atoms with Gasteiger partial charge in [0.25, 0.3) is 0 Å². The molecule has 0 atom stereocenters. The third-order valence-corrected chi connectivity index (χ3v) is 3.14. The molecule has 4 heteroatoms. The van der Waals surface area contributed by atoms with Gasteiger partial charge in [0.15, 0.2) is 0 Å². The molecule has 1 aromatic carbocycles. The Kier molecular flexibility index (Phi) is 2.79. The first-order chi connectivity index (χ1) is 8.06. The molecular weight excluding hydrogens is 214 g/mol. The molecule has 0 amide bonds. The predicted octanol–water partition coefficient (Wildman–Crippen LogP) is 2.39. The minimum atomic E-state index is 0.612. The summed E-state index contributed by atoms with van der Waals surface area (Å²) in [6.07, 6.45) is 0. The summed E-state index contributed by atoms with van der Waals surface area (Å²) >= 11 is 0. The van der Waals surface area contributed by atoms with Crippen LogP contribution in [0.5, 0.6) is 5.75 Å². The summed E-state index contributed by atoms with van der Waals surface area (Å²) in [6, 6.07) is 5.70. The Morgan fingerprint density at radius 2 is 1.94 bits per heavy atom. The molecule has 4 nitrogen and oxygen atoms in total. The van der Waals surface area contributed by atoms with E-state index in [-0.39, 0.29) is 0 Å². The number of anilines is 1. The maximum absolute atomic E-state index is 6.07. The SMILES string of the molecule is COc1cccc(-n2nc(C)c(C)c2C)c1N. The molecule has 90 valence electrons. The van der Waals surface area contributed by atoms with Gasteiger partial charge in [-0.05, 0) is 38.5 Å². The second-order valence-electron chi connectivity index (χ2n) is 4.10. The maximum atomic E-state index is 6.07. The number of nitrogens with zero attached hydrogens (tertiary/aromatic N) is 2. The average Bonchev–Trinajstić information content (AvgIpc) is 2.57. The Morgan fingerprint density at radius 1 is 1.24 bits per heavy atom. The lowest BCUT2D eigenvalue weighted by Crippen LogP contribution is -2.05. The number of aryl methyl sites for hydroxylation is 1. The molecule has 0 aliphatic carbocycles. The van der Waals surface area contributed by atoms with Crippen LogP contribution in [-0.4, -0.2) is 16.9 Å². The van der Waals surface area contributed by atoms with E-state index in [1.807, 2.05) is 36.7 Å². The van der Waals surface area contributed by atoms with Gasteiger partial charge in [-0.2, -0.15) is 5.10 Å². The van der Waals surface area contributed by atoms with Crippen molar-refractivity contribution in [3.05, 3.63) is 35.2 Å². The summed E-state index contributed by atoms with van der Waals surface area (Å²) in [7, 11) is 1.61. The highest BCUT2D eigenvalue weighted by molar-refractivity contribution is 5.66. The molecule has 1 aromatic heterocycles. The second kappa shape index (κ2) is 4.13. The molecule has 2 N–H and O–H groups in total. The molecule has 0 unspecified atom stereocenters. The molecule has 2 aromatic rings. The normalized spacial score (nSPS) is 10.6. The summed E-state index contributed by atoms with van der Waals surface area (Å²) in [4.78, 5) is 0. The molecular formula is C13H17N3O. The number of ether oxygens (including phenoxy) is 1. The number of benzene rings is 1. The smallest absolute Gasteiger partial charge is 0.143 e. The summed E-state index contributed by atoms with van der Waals surface area (Å²) in [5.74, 6) is 0.674. The van der Waals surface area contributed by atoms with E-state index in [1.165, 1.54) is 5.56 Å². The van der Waals surface area contributed by atoms with Crippen LogP contribution in [0.3, 0.4) is 0 Å². The Hall–Kier alpha value is -1.97. The summed E-state index contributed by atoms with van der Waals surface area (Å²) < 4.78 is 7.08. The lowest BCUT2D eigenvalue weighted by atomic mass is 10.2. The quantitative estimate of drug-likeness (QED) is 0.807. The Labute approximate surface area is 101 Å². The largest absolute Gasteiger partial charge is 0.495 e. The fourth-order valence-electron chi connectivity index (χ4n) is 1.85. The van der Waals surface area contributed by atoms with Crippen LogP contribution >= 0.6 is 0 Å². The molecule has 0 saturated heterocycles. The van der Waals surface area contributed by atoms with E-state index in [0.717, 1.165) is 17.1 Å². The van der Waals surface area contributed by atoms with Gasteiger partial charge in [-0.25, -0.2) is 4.68 Å². The molecule has 0 bridgehead atoms. The van der Waals surface area contributed by atoms with Crippen molar-refractivity contribution in [3.63, 3.8) is 0 Å². The zero-order chi connectivity index (χ0) is 12.6. The molecule has 0 fully saturated rings. The number of rotatable bonds is 2. The van der Waals surface area contributed by atoms with Gasteiger partial charge in [-0.1, -0.05) is 6.07 Å². The van der Waals surface area contributed by atoms with Crippen molar-refractivity contribution in [1.82, 2.24) is 9.78 Å². The van der Waals surface area contributed by atoms with Crippen molar-refractivity contribution < 1.29 is 4.74 Å². The fourth-order valence-corrected chi connectivity index (χ4v) is 1.85. The summed E-state index contributed by atoms with van der Waals surface area (Å²) in [5, 5.41) is 4.50. The number of nitrogens with two attached hydrogens (primary N) is 1. The van der Waals surface area contributed by atoms with Gasteiger partial charge in [0.05, 0.1) is 18.5 Å². The first-order valence-corrected chi connectivity index (χ1v) is 5.52. The van der Waals surface area contributed by atoms with Gasteiger partial charge in [-0.15, -0.1) is 0 Å². The van der Waals surface area contributed by atoms with Crippen molar-refractivity contribution in [2.24, 2.45) is 0 Å². The van der Waals surface area contributed by atoms with E-state index in [4.69, 9.17) is 10.5 Å². The van der Waals surface area contributed by atoms with Crippen molar-refractivity contribution in [2.45, 2.75) is 20.8 Å². The highest BCUT2D eigenvalue weighted by Gasteiger charge is 2.13. The maximum Gasteiger partial charge on any atom is 0.143 e. The van der Waals surface area contributed by atoms with E-state index >= 15 is 0 Å². The number of hydrogen-bond donors (Lipinski definition) is 1. The first kappa shape index (κ1) is 11.5. The van der Waals surface area contributed by atoms with Crippen LogP contribution in [0.1, 0.15) is 17.0 Å².